The van der Waals surface area contributed by atoms with Crippen LogP contribution in [0.25, 0.3) is 0 Å². The predicted molar refractivity (Wildman–Crippen MR) is 60.6 cm³/mol. The van der Waals surface area contributed by atoms with Crippen molar-refractivity contribution in [2.45, 2.75) is 45.1 Å². The van der Waals surface area contributed by atoms with Gasteiger partial charge in [0.25, 0.3) is 0 Å². The molecule has 1 rings (SSSR count). The van der Waals surface area contributed by atoms with Crippen LogP contribution in [-0.2, 0) is 4.74 Å². The number of likely N-dealkylation sites (N-methyl/N-ethyl adjacent to an activating group) is 1. The van der Waals surface area contributed by atoms with E-state index in [1.54, 1.807) is 0 Å². The van der Waals surface area contributed by atoms with Gasteiger partial charge in [-0.3, -0.25) is 0 Å². The second kappa shape index (κ2) is 7.67. The van der Waals surface area contributed by atoms with Gasteiger partial charge in [0.2, 0.25) is 0 Å². The molecule has 86 valence electrons. The van der Waals surface area contributed by atoms with E-state index in [0.29, 0.717) is 12.5 Å². The summed E-state index contributed by atoms with van der Waals surface area (Å²) in [7, 11) is 0. The molecule has 1 aliphatic heterocycles. The summed E-state index contributed by atoms with van der Waals surface area (Å²) >= 11 is 0. The first-order valence-electron chi connectivity index (χ1n) is 6.07. The molecule has 1 unspecified atom stereocenters. The lowest BCUT2D eigenvalue weighted by atomic mass is 10.2. The maximum absolute atomic E-state index is 8.43. The molecule has 3 heteroatoms. The number of ether oxygens (including phenoxy) is 1. The van der Waals surface area contributed by atoms with Crippen LogP contribution in [0, 0.1) is 11.3 Å². The fraction of sp³-hybridized carbons (Fsp3) is 0.917. The summed E-state index contributed by atoms with van der Waals surface area (Å²) in [6, 6.07) is 2.19. The van der Waals surface area contributed by atoms with Crippen molar-refractivity contribution in [2.24, 2.45) is 0 Å². The number of nitriles is 1. The molecule has 0 radical (unpaired) electrons. The van der Waals surface area contributed by atoms with Crippen LogP contribution in [0.15, 0.2) is 0 Å². The third kappa shape index (κ3) is 5.15. The van der Waals surface area contributed by atoms with Crippen molar-refractivity contribution in [1.82, 2.24) is 4.90 Å². The Morgan fingerprint density at radius 3 is 2.93 bits per heavy atom. The highest BCUT2D eigenvalue weighted by Crippen LogP contribution is 2.13. The van der Waals surface area contributed by atoms with Gasteiger partial charge in [0.05, 0.1) is 12.2 Å². The van der Waals surface area contributed by atoms with E-state index in [4.69, 9.17) is 10.00 Å². The fourth-order valence-corrected chi connectivity index (χ4v) is 1.99. The predicted octanol–water partition coefficient (Wildman–Crippen LogP) is 2.18. The summed E-state index contributed by atoms with van der Waals surface area (Å²) in [5.74, 6) is 0. The molecule has 3 nitrogen and oxygen atoms in total. The molecule has 1 saturated heterocycles. The van der Waals surface area contributed by atoms with E-state index in [1.807, 2.05) is 0 Å². The first-order valence-corrected chi connectivity index (χ1v) is 6.07. The van der Waals surface area contributed by atoms with Crippen LogP contribution in [0.1, 0.15) is 39.0 Å². The van der Waals surface area contributed by atoms with Crippen LogP contribution >= 0.6 is 0 Å². The van der Waals surface area contributed by atoms with E-state index in [2.05, 4.69) is 17.9 Å². The number of hydrogen-bond donors (Lipinski definition) is 0. The van der Waals surface area contributed by atoms with Gasteiger partial charge in [-0.15, -0.1) is 0 Å². The Morgan fingerprint density at radius 2 is 2.33 bits per heavy atom. The van der Waals surface area contributed by atoms with E-state index in [9.17, 15) is 0 Å². The number of nitrogens with zero attached hydrogens (tertiary/aromatic N) is 2. The van der Waals surface area contributed by atoms with Gasteiger partial charge in [0, 0.05) is 19.6 Å². The lowest BCUT2D eigenvalue weighted by Gasteiger charge is -2.23. The zero-order valence-electron chi connectivity index (χ0n) is 9.74. The molecule has 0 spiro atoms. The monoisotopic (exact) mass is 210 g/mol. The first-order chi connectivity index (χ1) is 7.36. The van der Waals surface area contributed by atoms with Crippen molar-refractivity contribution in [3.8, 4) is 6.07 Å². The maximum atomic E-state index is 8.43. The standard InChI is InChI=1S/C12H22N2O/c1-2-14(9-5-3-4-8-13)11-12-7-6-10-15-12/h12H,2-7,9-11H2,1H3. The molecule has 0 aromatic heterocycles. The molecule has 1 aliphatic rings. The highest BCUT2D eigenvalue weighted by Gasteiger charge is 2.17. The van der Waals surface area contributed by atoms with E-state index < -0.39 is 0 Å². The van der Waals surface area contributed by atoms with Gasteiger partial charge in [-0.05, 0) is 38.8 Å². The molecular formula is C12H22N2O. The van der Waals surface area contributed by atoms with E-state index in [1.165, 1.54) is 12.8 Å². The molecule has 0 aromatic carbocycles. The summed E-state index contributed by atoms with van der Waals surface area (Å²) in [5, 5.41) is 8.43. The van der Waals surface area contributed by atoms with Crippen molar-refractivity contribution >= 4 is 0 Å². The quantitative estimate of drug-likeness (QED) is 0.604. The normalized spacial score (nSPS) is 20.7. The second-order valence-corrected chi connectivity index (χ2v) is 4.14. The van der Waals surface area contributed by atoms with Gasteiger partial charge in [-0.2, -0.15) is 5.26 Å². The van der Waals surface area contributed by atoms with Crippen molar-refractivity contribution in [3.05, 3.63) is 0 Å². The minimum Gasteiger partial charge on any atom is -0.377 e. The Labute approximate surface area is 93.0 Å². The fourth-order valence-electron chi connectivity index (χ4n) is 1.99. The highest BCUT2D eigenvalue weighted by molar-refractivity contribution is 4.71. The average molecular weight is 210 g/mol. The van der Waals surface area contributed by atoms with Crippen molar-refractivity contribution in [2.75, 3.05) is 26.2 Å². The van der Waals surface area contributed by atoms with Crippen LogP contribution in [0.2, 0.25) is 0 Å². The van der Waals surface area contributed by atoms with Gasteiger partial charge in [-0.1, -0.05) is 6.92 Å². The minimum absolute atomic E-state index is 0.459. The largest absolute Gasteiger partial charge is 0.377 e. The Balaban J connectivity index is 2.09. The van der Waals surface area contributed by atoms with Crippen molar-refractivity contribution in [3.63, 3.8) is 0 Å². The average Bonchev–Trinajstić information content (AvgIpc) is 2.75. The number of unbranched alkanes of at least 4 members (excludes halogenated alkanes) is 2. The molecule has 0 aliphatic carbocycles. The van der Waals surface area contributed by atoms with E-state index in [-0.39, 0.29) is 0 Å². The molecule has 15 heavy (non-hydrogen) atoms. The number of hydrogen-bond acceptors (Lipinski definition) is 3. The zero-order valence-corrected chi connectivity index (χ0v) is 9.74. The SMILES string of the molecule is CCN(CCCCC#N)CC1CCCO1. The van der Waals surface area contributed by atoms with Gasteiger partial charge in [-0.25, -0.2) is 0 Å². The van der Waals surface area contributed by atoms with Gasteiger partial charge >= 0.3 is 0 Å². The van der Waals surface area contributed by atoms with Crippen molar-refractivity contribution in [1.29, 1.82) is 5.26 Å². The zero-order chi connectivity index (χ0) is 10.9. The summed E-state index contributed by atoms with van der Waals surface area (Å²) in [5.41, 5.74) is 0. The van der Waals surface area contributed by atoms with Crippen molar-refractivity contribution < 1.29 is 4.74 Å². The van der Waals surface area contributed by atoms with Crippen LogP contribution in [-0.4, -0.2) is 37.2 Å². The Morgan fingerprint density at radius 1 is 1.47 bits per heavy atom. The maximum Gasteiger partial charge on any atom is 0.0702 e. The number of rotatable bonds is 7. The van der Waals surface area contributed by atoms with E-state index in [0.717, 1.165) is 39.1 Å². The van der Waals surface area contributed by atoms with Crippen LogP contribution in [0.5, 0.6) is 0 Å². The van der Waals surface area contributed by atoms with E-state index >= 15 is 0 Å². The van der Waals surface area contributed by atoms with Gasteiger partial charge < -0.3 is 9.64 Å². The first kappa shape index (κ1) is 12.5. The van der Waals surface area contributed by atoms with Gasteiger partial charge in [0.1, 0.15) is 0 Å². The second-order valence-electron chi connectivity index (χ2n) is 4.14. The van der Waals surface area contributed by atoms with Gasteiger partial charge in [0.15, 0.2) is 0 Å². The van der Waals surface area contributed by atoms with Crippen LogP contribution < -0.4 is 0 Å². The molecule has 0 aromatic rings. The molecule has 1 atom stereocenters. The third-order valence-electron chi connectivity index (χ3n) is 2.95. The summed E-state index contributed by atoms with van der Waals surface area (Å²) in [4.78, 5) is 2.44. The minimum atomic E-state index is 0.459. The molecule has 1 fully saturated rings. The van der Waals surface area contributed by atoms with Crippen LogP contribution in [0.4, 0.5) is 0 Å². The Hall–Kier alpha value is -0.590. The highest BCUT2D eigenvalue weighted by atomic mass is 16.5. The Bertz CT molecular complexity index is 194. The molecule has 1 heterocycles. The summed E-state index contributed by atoms with van der Waals surface area (Å²) in [6.07, 6.45) is 5.75. The lowest BCUT2D eigenvalue weighted by Crippen LogP contribution is -2.32. The van der Waals surface area contributed by atoms with Crippen LogP contribution in [0.3, 0.4) is 0 Å². The molecule has 0 amide bonds. The third-order valence-corrected chi connectivity index (χ3v) is 2.95. The molecule has 0 bridgehead atoms. The molecule has 0 saturated carbocycles. The smallest absolute Gasteiger partial charge is 0.0702 e. The Kier molecular flexibility index (Phi) is 6.38. The molecule has 0 N–H and O–H groups in total. The topological polar surface area (TPSA) is 36.3 Å². The summed E-state index contributed by atoms with van der Waals surface area (Å²) in [6.45, 7) is 6.41. The molecular weight excluding hydrogens is 188 g/mol. The lowest BCUT2D eigenvalue weighted by molar-refractivity contribution is 0.0743. The summed E-state index contributed by atoms with van der Waals surface area (Å²) < 4.78 is 5.62.